The van der Waals surface area contributed by atoms with Crippen LogP contribution in [0.15, 0.2) is 67.0 Å². The second-order valence-corrected chi connectivity index (χ2v) is 9.61. The minimum Gasteiger partial charge on any atom is -0.393 e. The van der Waals surface area contributed by atoms with Crippen LogP contribution in [0.3, 0.4) is 0 Å². The Bertz CT molecular complexity index is 1490. The third-order valence-electron chi connectivity index (χ3n) is 7.00. The molecule has 2 aromatic carbocycles. The summed E-state index contributed by atoms with van der Waals surface area (Å²) in [5.41, 5.74) is 4.60. The third kappa shape index (κ3) is 5.34. The summed E-state index contributed by atoms with van der Waals surface area (Å²) < 4.78 is 16.5. The number of aromatic nitrogens is 3. The van der Waals surface area contributed by atoms with Crippen LogP contribution >= 0.6 is 0 Å². The van der Waals surface area contributed by atoms with Gasteiger partial charge < -0.3 is 20.6 Å². The summed E-state index contributed by atoms with van der Waals surface area (Å²) >= 11 is 0. The lowest BCUT2D eigenvalue weighted by Gasteiger charge is -2.15. The number of benzene rings is 2. The Morgan fingerprint density at radius 2 is 1.92 bits per heavy atom. The molecule has 0 aliphatic heterocycles. The van der Waals surface area contributed by atoms with Gasteiger partial charge in [0.15, 0.2) is 5.69 Å². The third-order valence-corrected chi connectivity index (χ3v) is 7.00. The Balaban J connectivity index is 1.47. The molecule has 1 saturated carbocycles. The number of fused-ring (bicyclic) bond motifs is 1. The van der Waals surface area contributed by atoms with Crippen molar-refractivity contribution in [2.75, 3.05) is 7.05 Å². The zero-order valence-electron chi connectivity index (χ0n) is 21.4. The van der Waals surface area contributed by atoms with Crippen molar-refractivity contribution in [3.05, 3.63) is 101 Å². The monoisotopic (exact) mass is 510 g/mol. The average molecular weight is 511 g/mol. The molecule has 0 spiro atoms. The van der Waals surface area contributed by atoms with Crippen molar-refractivity contribution in [2.24, 2.45) is 0 Å². The van der Waals surface area contributed by atoms with Crippen molar-refractivity contribution in [2.45, 2.75) is 44.7 Å². The van der Waals surface area contributed by atoms with Gasteiger partial charge in [0, 0.05) is 50.2 Å². The molecule has 0 bridgehead atoms. The van der Waals surface area contributed by atoms with E-state index in [1.807, 2.05) is 24.3 Å². The van der Waals surface area contributed by atoms with Gasteiger partial charge in [0.1, 0.15) is 17.2 Å². The van der Waals surface area contributed by atoms with Crippen LogP contribution in [0.5, 0.6) is 0 Å². The van der Waals surface area contributed by atoms with E-state index in [1.165, 1.54) is 25.0 Å². The van der Waals surface area contributed by atoms with E-state index < -0.39 is 5.82 Å². The molecular weight excluding hydrogens is 479 g/mol. The van der Waals surface area contributed by atoms with Crippen molar-refractivity contribution in [3.8, 4) is 0 Å². The van der Waals surface area contributed by atoms with Crippen molar-refractivity contribution in [3.63, 3.8) is 0 Å². The Morgan fingerprint density at radius 1 is 1.13 bits per heavy atom. The number of rotatable bonds is 9. The van der Waals surface area contributed by atoms with Gasteiger partial charge in [-0.15, -0.1) is 0 Å². The molecule has 0 atom stereocenters. The van der Waals surface area contributed by atoms with Gasteiger partial charge in [-0.05, 0) is 53.8 Å². The number of nitrogens with one attached hydrogen (secondary N) is 3. The highest BCUT2D eigenvalue weighted by molar-refractivity contribution is 6.08. The minimum atomic E-state index is -0.432. The van der Waals surface area contributed by atoms with Crippen molar-refractivity contribution >= 4 is 28.7 Å². The number of nitrogens with zero attached hydrogens (tertiary/aromatic N) is 3. The molecule has 0 unspecified atom stereocenters. The molecule has 3 N–H and O–H groups in total. The molecule has 0 saturated heterocycles. The molecule has 2 heterocycles. The highest BCUT2D eigenvalue weighted by Crippen LogP contribution is 2.36. The lowest BCUT2D eigenvalue weighted by Crippen LogP contribution is -2.25. The van der Waals surface area contributed by atoms with E-state index in [0.29, 0.717) is 34.9 Å². The van der Waals surface area contributed by atoms with Gasteiger partial charge in [-0.1, -0.05) is 43.2 Å². The van der Waals surface area contributed by atoms with Crippen LogP contribution in [0.1, 0.15) is 64.6 Å². The topological polar surface area (TPSA) is 95.7 Å². The highest BCUT2D eigenvalue weighted by atomic mass is 19.1. The smallest absolute Gasteiger partial charge is 0.272 e. The Hall–Kier alpha value is -4.33. The number of allylic oxidation sites excluding steroid dienone is 1. The van der Waals surface area contributed by atoms with Crippen LogP contribution in [-0.2, 0) is 13.1 Å². The first-order chi connectivity index (χ1) is 18.6. The fraction of sp³-hybridized carbons (Fsp3) is 0.267. The maximum absolute atomic E-state index is 14.4. The lowest BCUT2D eigenvalue weighted by molar-refractivity contribution is 0.0947. The van der Waals surface area contributed by atoms with Gasteiger partial charge in [-0.25, -0.2) is 14.4 Å². The standard InChI is InChI=1S/C30H31FN6O/c1-33-18-24(16-32)23-13-21(14-25(31)15-23)17-35-30(38)27-28-26(11-12-34-27)36-29(22-9-5-6-10-22)37(28)19-20-7-3-2-4-8-20/h2-4,7-8,11-16,18,22,32-33H,5-6,9-10,17,19H2,1H3,(H,35,38)/b24-18+,32-16?. The van der Waals surface area contributed by atoms with Crippen molar-refractivity contribution < 1.29 is 9.18 Å². The van der Waals surface area contributed by atoms with E-state index in [1.54, 1.807) is 25.5 Å². The van der Waals surface area contributed by atoms with Gasteiger partial charge in [0.05, 0.1) is 5.52 Å². The van der Waals surface area contributed by atoms with Gasteiger partial charge in [0.25, 0.3) is 5.91 Å². The molecule has 8 heteroatoms. The van der Waals surface area contributed by atoms with Gasteiger partial charge >= 0.3 is 0 Å². The number of hydrogen-bond acceptors (Lipinski definition) is 5. The molecule has 2 aromatic heterocycles. The van der Waals surface area contributed by atoms with Crippen LogP contribution in [0.25, 0.3) is 16.6 Å². The SMILES string of the molecule is CN/C=C(\C=N)c1cc(F)cc(CNC(=O)c2nccc3nc(C4CCCC4)n(Cc4ccccc4)c23)c1. The molecular formula is C30H31FN6O. The first-order valence-electron chi connectivity index (χ1n) is 12.9. The second-order valence-electron chi connectivity index (χ2n) is 9.61. The molecule has 1 fully saturated rings. The normalized spacial score (nSPS) is 14.1. The molecule has 38 heavy (non-hydrogen) atoms. The predicted molar refractivity (Wildman–Crippen MR) is 148 cm³/mol. The van der Waals surface area contributed by atoms with Crippen LogP contribution in [0.4, 0.5) is 4.39 Å². The predicted octanol–water partition coefficient (Wildman–Crippen LogP) is 5.42. The molecule has 0 radical (unpaired) electrons. The molecule has 4 aromatic rings. The number of amides is 1. The fourth-order valence-corrected chi connectivity index (χ4v) is 5.24. The van der Waals surface area contributed by atoms with Crippen LogP contribution < -0.4 is 10.6 Å². The minimum absolute atomic E-state index is 0.120. The Labute approximate surface area is 221 Å². The fourth-order valence-electron chi connectivity index (χ4n) is 5.24. The summed E-state index contributed by atoms with van der Waals surface area (Å²) in [5, 5.41) is 13.4. The molecule has 1 aliphatic carbocycles. The number of imidazole rings is 1. The van der Waals surface area contributed by atoms with Gasteiger partial charge in [-0.3, -0.25) is 4.79 Å². The zero-order valence-corrected chi connectivity index (χ0v) is 21.4. The molecule has 1 aliphatic rings. The van der Waals surface area contributed by atoms with Crippen molar-refractivity contribution in [1.29, 1.82) is 5.41 Å². The van der Waals surface area contributed by atoms with Crippen LogP contribution in [0, 0.1) is 11.2 Å². The lowest BCUT2D eigenvalue weighted by atomic mass is 10.0. The van der Waals surface area contributed by atoms with E-state index in [4.69, 9.17) is 10.4 Å². The van der Waals surface area contributed by atoms with Gasteiger partial charge in [0.2, 0.25) is 0 Å². The van der Waals surface area contributed by atoms with Crippen molar-refractivity contribution in [1.82, 2.24) is 25.2 Å². The first kappa shape index (κ1) is 25.3. The number of hydrogen-bond donors (Lipinski definition) is 3. The van der Waals surface area contributed by atoms with E-state index >= 15 is 0 Å². The van der Waals surface area contributed by atoms with Crippen LogP contribution in [-0.4, -0.2) is 33.7 Å². The molecule has 5 rings (SSSR count). The Morgan fingerprint density at radius 3 is 2.66 bits per heavy atom. The summed E-state index contributed by atoms with van der Waals surface area (Å²) in [6.07, 6.45) is 8.96. The Kier molecular flexibility index (Phi) is 7.58. The summed E-state index contributed by atoms with van der Waals surface area (Å²) in [6.45, 7) is 0.724. The average Bonchev–Trinajstić information content (AvgIpc) is 3.59. The van der Waals surface area contributed by atoms with E-state index in [0.717, 1.165) is 41.5 Å². The second kappa shape index (κ2) is 11.4. The highest BCUT2D eigenvalue weighted by Gasteiger charge is 2.26. The number of carbonyl (C=O) groups excluding carboxylic acids is 1. The maximum atomic E-state index is 14.4. The molecule has 194 valence electrons. The first-order valence-corrected chi connectivity index (χ1v) is 12.9. The quantitative estimate of drug-likeness (QED) is 0.262. The van der Waals surface area contributed by atoms with E-state index in [2.05, 4.69) is 32.3 Å². The number of pyridine rings is 1. The summed E-state index contributed by atoms with van der Waals surface area (Å²) in [5.74, 6) is 0.597. The largest absolute Gasteiger partial charge is 0.393 e. The summed E-state index contributed by atoms with van der Waals surface area (Å²) in [6, 6.07) is 16.6. The summed E-state index contributed by atoms with van der Waals surface area (Å²) in [7, 11) is 1.72. The van der Waals surface area contributed by atoms with Crippen LogP contribution in [0.2, 0.25) is 0 Å². The summed E-state index contributed by atoms with van der Waals surface area (Å²) in [4.78, 5) is 22.9. The zero-order chi connectivity index (χ0) is 26.5. The molecule has 7 nitrogen and oxygen atoms in total. The number of halogens is 1. The van der Waals surface area contributed by atoms with E-state index in [-0.39, 0.29) is 12.5 Å². The maximum Gasteiger partial charge on any atom is 0.272 e. The van der Waals surface area contributed by atoms with E-state index in [9.17, 15) is 9.18 Å². The van der Waals surface area contributed by atoms with Gasteiger partial charge in [-0.2, -0.15) is 0 Å². The molecule has 1 amide bonds. The number of carbonyl (C=O) groups is 1.